The molecule has 0 aliphatic carbocycles. The molecular formula is C29H24F3N5O. The maximum absolute atomic E-state index is 13.9. The third-order valence-electron chi connectivity index (χ3n) is 6.33. The predicted octanol–water partition coefficient (Wildman–Crippen LogP) is 6.53. The zero-order chi connectivity index (χ0) is 27.0. The van der Waals surface area contributed by atoms with Crippen LogP contribution in [0.1, 0.15) is 29.8 Å². The maximum Gasteiger partial charge on any atom is 0.417 e. The van der Waals surface area contributed by atoms with Crippen LogP contribution in [0.4, 0.5) is 24.9 Å². The molecule has 0 aliphatic rings. The number of nitrogen functional groups attached to an aromatic ring is 1. The van der Waals surface area contributed by atoms with Crippen molar-refractivity contribution in [3.05, 3.63) is 112 Å². The minimum absolute atomic E-state index is 0.0601. The molecule has 5 rings (SSSR count). The Morgan fingerprint density at radius 3 is 2.42 bits per heavy atom. The lowest BCUT2D eigenvalue weighted by Gasteiger charge is -2.23. The first-order valence-corrected chi connectivity index (χ1v) is 11.9. The number of benzene rings is 3. The summed E-state index contributed by atoms with van der Waals surface area (Å²) in [5.41, 5.74) is 7.69. The van der Waals surface area contributed by atoms with Crippen LogP contribution in [0.15, 0.2) is 89.9 Å². The van der Waals surface area contributed by atoms with Crippen LogP contribution in [0.25, 0.3) is 27.6 Å². The van der Waals surface area contributed by atoms with Gasteiger partial charge in [0.25, 0.3) is 5.56 Å². The van der Waals surface area contributed by atoms with Gasteiger partial charge in [-0.1, -0.05) is 60.2 Å². The summed E-state index contributed by atoms with van der Waals surface area (Å²) in [4.78, 5) is 22.3. The van der Waals surface area contributed by atoms with Gasteiger partial charge in [0.05, 0.1) is 17.0 Å². The van der Waals surface area contributed by atoms with Crippen molar-refractivity contribution in [3.63, 3.8) is 0 Å². The van der Waals surface area contributed by atoms with Gasteiger partial charge in [-0.05, 0) is 49.1 Å². The molecule has 1 atom stereocenters. The van der Waals surface area contributed by atoms with Crippen molar-refractivity contribution < 1.29 is 13.2 Å². The third kappa shape index (κ3) is 4.70. The molecule has 192 valence electrons. The van der Waals surface area contributed by atoms with Crippen LogP contribution in [0.2, 0.25) is 0 Å². The standard InChI is InChI=1S/C29H24F3N5O/c1-17-8-6-9-19(14-17)22-16-34-28(33)36-26(22)35-18(2)24-15-20-10-7-13-23(29(30,31)32)25(20)27(38)37(24)21-11-4-3-5-12-21/h3-16,18H,1-2H3,(H3,33,34,35,36)/t18-/m0/s1. The van der Waals surface area contributed by atoms with E-state index in [0.29, 0.717) is 22.8 Å². The minimum Gasteiger partial charge on any atom is -0.368 e. The van der Waals surface area contributed by atoms with E-state index in [-0.39, 0.29) is 16.7 Å². The molecule has 0 radical (unpaired) electrons. The summed E-state index contributed by atoms with van der Waals surface area (Å²) in [6, 6.07) is 21.2. The van der Waals surface area contributed by atoms with E-state index < -0.39 is 23.3 Å². The van der Waals surface area contributed by atoms with Crippen molar-refractivity contribution in [1.29, 1.82) is 0 Å². The van der Waals surface area contributed by atoms with Crippen molar-refractivity contribution in [2.75, 3.05) is 11.1 Å². The smallest absolute Gasteiger partial charge is 0.368 e. The SMILES string of the molecule is Cc1cccc(-c2cnc(N)nc2N[C@@H](C)c2cc3cccc(C(F)(F)F)c3c(=O)n2-c2ccccc2)c1. The Hall–Kier alpha value is -4.66. The number of anilines is 2. The zero-order valence-corrected chi connectivity index (χ0v) is 20.6. The Kier molecular flexibility index (Phi) is 6.36. The number of fused-ring (bicyclic) bond motifs is 1. The predicted molar refractivity (Wildman–Crippen MR) is 143 cm³/mol. The van der Waals surface area contributed by atoms with Crippen molar-refractivity contribution in [3.8, 4) is 16.8 Å². The van der Waals surface area contributed by atoms with Crippen molar-refractivity contribution in [1.82, 2.24) is 14.5 Å². The number of pyridine rings is 1. The minimum atomic E-state index is -4.68. The molecule has 2 heterocycles. The van der Waals surface area contributed by atoms with E-state index in [1.165, 1.54) is 16.7 Å². The molecule has 0 spiro atoms. The normalized spacial score (nSPS) is 12.4. The van der Waals surface area contributed by atoms with E-state index in [1.807, 2.05) is 38.1 Å². The monoisotopic (exact) mass is 515 g/mol. The first kappa shape index (κ1) is 25.0. The Labute approximate surface area is 216 Å². The Bertz CT molecular complexity index is 1700. The van der Waals surface area contributed by atoms with Gasteiger partial charge in [-0.15, -0.1) is 0 Å². The van der Waals surface area contributed by atoms with E-state index in [2.05, 4.69) is 15.3 Å². The Morgan fingerprint density at radius 1 is 0.974 bits per heavy atom. The molecule has 3 aromatic carbocycles. The van der Waals surface area contributed by atoms with E-state index in [4.69, 9.17) is 5.73 Å². The molecule has 2 aromatic heterocycles. The lowest BCUT2D eigenvalue weighted by molar-refractivity contribution is -0.136. The summed E-state index contributed by atoms with van der Waals surface area (Å²) in [6.45, 7) is 3.78. The average Bonchev–Trinajstić information content (AvgIpc) is 2.88. The molecule has 3 N–H and O–H groups in total. The summed E-state index contributed by atoms with van der Waals surface area (Å²) in [5, 5.41) is 3.13. The third-order valence-corrected chi connectivity index (χ3v) is 6.33. The zero-order valence-electron chi connectivity index (χ0n) is 20.6. The van der Waals surface area contributed by atoms with Crippen LogP contribution in [-0.2, 0) is 6.18 Å². The van der Waals surface area contributed by atoms with Gasteiger partial charge in [-0.3, -0.25) is 9.36 Å². The van der Waals surface area contributed by atoms with Gasteiger partial charge in [-0.2, -0.15) is 18.2 Å². The summed E-state index contributed by atoms with van der Waals surface area (Å²) in [5.74, 6) is 0.497. The molecule has 5 aromatic rings. The van der Waals surface area contributed by atoms with Crippen molar-refractivity contribution >= 4 is 22.5 Å². The molecule has 0 saturated carbocycles. The number of hydrogen-bond donors (Lipinski definition) is 2. The topological polar surface area (TPSA) is 85.8 Å². The number of halogens is 3. The average molecular weight is 516 g/mol. The largest absolute Gasteiger partial charge is 0.417 e. The highest BCUT2D eigenvalue weighted by Gasteiger charge is 2.34. The Morgan fingerprint density at radius 2 is 1.71 bits per heavy atom. The molecule has 38 heavy (non-hydrogen) atoms. The highest BCUT2D eigenvalue weighted by atomic mass is 19.4. The van der Waals surface area contributed by atoms with E-state index >= 15 is 0 Å². The van der Waals surface area contributed by atoms with Crippen molar-refractivity contribution in [2.24, 2.45) is 0 Å². The van der Waals surface area contributed by atoms with E-state index in [1.54, 1.807) is 42.6 Å². The van der Waals surface area contributed by atoms with Gasteiger partial charge in [-0.25, -0.2) is 4.98 Å². The number of hydrogen-bond acceptors (Lipinski definition) is 5. The number of para-hydroxylation sites is 1. The van der Waals surface area contributed by atoms with Gasteiger partial charge >= 0.3 is 6.18 Å². The summed E-state index contributed by atoms with van der Waals surface area (Å²) >= 11 is 0. The summed E-state index contributed by atoms with van der Waals surface area (Å²) in [6.07, 6.45) is -3.06. The van der Waals surface area contributed by atoms with Gasteiger partial charge in [0.2, 0.25) is 5.95 Å². The number of alkyl halides is 3. The second-order valence-electron chi connectivity index (χ2n) is 9.04. The number of aryl methyl sites for hydroxylation is 1. The number of nitrogens with one attached hydrogen (secondary N) is 1. The maximum atomic E-state index is 13.9. The fraction of sp³-hybridized carbons (Fsp3) is 0.138. The van der Waals surface area contributed by atoms with Gasteiger partial charge in [0.1, 0.15) is 5.82 Å². The van der Waals surface area contributed by atoms with Crippen LogP contribution in [0, 0.1) is 6.92 Å². The van der Waals surface area contributed by atoms with Gasteiger partial charge in [0, 0.05) is 23.1 Å². The van der Waals surface area contributed by atoms with Gasteiger partial charge in [0.15, 0.2) is 0 Å². The van der Waals surface area contributed by atoms with Crippen LogP contribution >= 0.6 is 0 Å². The fourth-order valence-corrected chi connectivity index (χ4v) is 4.59. The van der Waals surface area contributed by atoms with Crippen LogP contribution < -0.4 is 16.6 Å². The Balaban J connectivity index is 1.70. The molecule has 6 nitrogen and oxygen atoms in total. The molecule has 0 bridgehead atoms. The molecule has 0 amide bonds. The number of rotatable bonds is 5. The first-order valence-electron chi connectivity index (χ1n) is 11.9. The molecule has 9 heteroatoms. The van der Waals surface area contributed by atoms with Gasteiger partial charge < -0.3 is 11.1 Å². The molecule has 0 unspecified atom stereocenters. The number of nitrogens with two attached hydrogens (primary N) is 1. The summed E-state index contributed by atoms with van der Waals surface area (Å²) < 4.78 is 42.9. The second-order valence-corrected chi connectivity index (χ2v) is 9.04. The van der Waals surface area contributed by atoms with Crippen LogP contribution in [0.3, 0.4) is 0 Å². The molecule has 0 fully saturated rings. The highest BCUT2D eigenvalue weighted by molar-refractivity contribution is 5.86. The highest BCUT2D eigenvalue weighted by Crippen LogP contribution is 2.35. The lowest BCUT2D eigenvalue weighted by atomic mass is 10.0. The molecule has 0 aliphatic heterocycles. The molecule has 0 saturated heterocycles. The van der Waals surface area contributed by atoms with E-state index in [0.717, 1.165) is 17.2 Å². The molecular weight excluding hydrogens is 491 g/mol. The lowest BCUT2D eigenvalue weighted by Crippen LogP contribution is -2.27. The quantitative estimate of drug-likeness (QED) is 0.278. The second kappa shape index (κ2) is 9.66. The first-order chi connectivity index (χ1) is 18.1. The van der Waals surface area contributed by atoms with Crippen molar-refractivity contribution in [2.45, 2.75) is 26.1 Å². The summed E-state index contributed by atoms with van der Waals surface area (Å²) in [7, 11) is 0. The van der Waals surface area contributed by atoms with Crippen LogP contribution in [0.5, 0.6) is 0 Å². The fourth-order valence-electron chi connectivity index (χ4n) is 4.59. The van der Waals surface area contributed by atoms with E-state index in [9.17, 15) is 18.0 Å². The number of aromatic nitrogens is 3. The number of nitrogens with zero attached hydrogens (tertiary/aromatic N) is 3. The van der Waals surface area contributed by atoms with Crippen LogP contribution in [-0.4, -0.2) is 14.5 Å².